The van der Waals surface area contributed by atoms with Crippen LogP contribution in [0.4, 0.5) is 0 Å². The zero-order valence-corrected chi connectivity index (χ0v) is 13.7. The topological polar surface area (TPSA) is 44.4 Å². The van der Waals surface area contributed by atoms with Gasteiger partial charge >= 0.3 is 0 Å². The highest BCUT2D eigenvalue weighted by atomic mass is 16.2. The molecule has 0 aromatic heterocycles. The average Bonchev–Trinajstić information content (AvgIpc) is 2.75. The molecular weight excluding hydrogens is 262 g/mol. The fourth-order valence-electron chi connectivity index (χ4n) is 3.54. The quantitative estimate of drug-likeness (QED) is 0.739. The highest BCUT2D eigenvalue weighted by molar-refractivity contribution is 5.78. The van der Waals surface area contributed by atoms with Gasteiger partial charge in [-0.05, 0) is 38.6 Å². The minimum absolute atomic E-state index is 0.238. The monoisotopic (exact) mass is 295 g/mol. The zero-order chi connectivity index (χ0) is 14.9. The van der Waals surface area contributed by atoms with Gasteiger partial charge in [0.15, 0.2) is 0 Å². The summed E-state index contributed by atoms with van der Waals surface area (Å²) in [5.41, 5.74) is 0. The van der Waals surface area contributed by atoms with Gasteiger partial charge in [-0.3, -0.25) is 9.69 Å². The van der Waals surface area contributed by atoms with E-state index >= 15 is 0 Å². The summed E-state index contributed by atoms with van der Waals surface area (Å²) < 4.78 is 0. The van der Waals surface area contributed by atoms with Gasteiger partial charge in [-0.25, -0.2) is 0 Å². The second-order valence-electron chi connectivity index (χ2n) is 6.76. The fourth-order valence-corrected chi connectivity index (χ4v) is 3.54. The van der Waals surface area contributed by atoms with Crippen molar-refractivity contribution in [1.82, 2.24) is 15.5 Å². The van der Waals surface area contributed by atoms with Gasteiger partial charge in [0.2, 0.25) is 5.91 Å². The molecule has 0 atom stereocenters. The Labute approximate surface area is 130 Å². The molecule has 0 radical (unpaired) electrons. The molecule has 2 rings (SSSR count). The van der Waals surface area contributed by atoms with Crippen LogP contribution in [-0.2, 0) is 4.79 Å². The van der Waals surface area contributed by atoms with Crippen molar-refractivity contribution in [1.29, 1.82) is 0 Å². The SMILES string of the molecule is CCCNC1CCN(CC(=O)NC2CCCCCC2)CC1. The molecule has 1 saturated carbocycles. The number of hydrogen-bond donors (Lipinski definition) is 2. The van der Waals surface area contributed by atoms with Crippen molar-refractivity contribution in [2.45, 2.75) is 76.8 Å². The molecule has 122 valence electrons. The van der Waals surface area contributed by atoms with E-state index in [4.69, 9.17) is 0 Å². The van der Waals surface area contributed by atoms with E-state index in [2.05, 4.69) is 22.5 Å². The molecule has 1 amide bonds. The molecule has 0 aromatic rings. The summed E-state index contributed by atoms with van der Waals surface area (Å²) in [5.74, 6) is 0.238. The van der Waals surface area contributed by atoms with E-state index in [1.807, 2.05) is 0 Å². The number of nitrogens with one attached hydrogen (secondary N) is 2. The van der Waals surface area contributed by atoms with E-state index in [1.165, 1.54) is 57.8 Å². The number of amides is 1. The van der Waals surface area contributed by atoms with Crippen LogP contribution in [0.15, 0.2) is 0 Å². The highest BCUT2D eigenvalue weighted by Crippen LogP contribution is 2.17. The van der Waals surface area contributed by atoms with E-state index < -0.39 is 0 Å². The van der Waals surface area contributed by atoms with Crippen LogP contribution >= 0.6 is 0 Å². The smallest absolute Gasteiger partial charge is 0.234 e. The number of likely N-dealkylation sites (tertiary alicyclic amines) is 1. The third-order valence-corrected chi connectivity index (χ3v) is 4.86. The van der Waals surface area contributed by atoms with Crippen LogP contribution in [-0.4, -0.2) is 49.1 Å². The minimum atomic E-state index is 0.238. The van der Waals surface area contributed by atoms with Crippen molar-refractivity contribution >= 4 is 5.91 Å². The van der Waals surface area contributed by atoms with Crippen molar-refractivity contribution in [3.63, 3.8) is 0 Å². The zero-order valence-electron chi connectivity index (χ0n) is 13.7. The molecule has 2 fully saturated rings. The number of carbonyl (C=O) groups is 1. The van der Waals surface area contributed by atoms with Gasteiger partial charge in [0.1, 0.15) is 0 Å². The first-order chi connectivity index (χ1) is 10.3. The Kier molecular flexibility index (Phi) is 7.51. The van der Waals surface area contributed by atoms with Crippen molar-refractivity contribution < 1.29 is 4.79 Å². The van der Waals surface area contributed by atoms with Crippen molar-refractivity contribution in [2.24, 2.45) is 0 Å². The van der Waals surface area contributed by atoms with E-state index in [0.717, 1.165) is 19.6 Å². The lowest BCUT2D eigenvalue weighted by Crippen LogP contribution is -2.47. The predicted molar refractivity (Wildman–Crippen MR) is 87.4 cm³/mol. The number of hydrogen-bond acceptors (Lipinski definition) is 3. The Morgan fingerprint density at radius 2 is 1.67 bits per heavy atom. The van der Waals surface area contributed by atoms with Gasteiger partial charge in [-0.15, -0.1) is 0 Å². The molecule has 1 aliphatic heterocycles. The first-order valence-electron chi connectivity index (χ1n) is 9.03. The standard InChI is InChI=1S/C17H33N3O/c1-2-11-18-15-9-12-20(13-10-15)14-17(21)19-16-7-5-3-4-6-8-16/h15-16,18H,2-14H2,1H3,(H,19,21). The van der Waals surface area contributed by atoms with E-state index in [0.29, 0.717) is 18.6 Å². The summed E-state index contributed by atoms with van der Waals surface area (Å²) in [4.78, 5) is 14.5. The van der Waals surface area contributed by atoms with Crippen LogP contribution in [0.25, 0.3) is 0 Å². The summed E-state index contributed by atoms with van der Waals surface area (Å²) in [7, 11) is 0. The van der Waals surface area contributed by atoms with Gasteiger partial charge in [0.05, 0.1) is 6.54 Å². The number of nitrogens with zero attached hydrogens (tertiary/aromatic N) is 1. The maximum atomic E-state index is 12.2. The lowest BCUT2D eigenvalue weighted by Gasteiger charge is -2.32. The average molecular weight is 295 g/mol. The lowest BCUT2D eigenvalue weighted by atomic mass is 10.0. The predicted octanol–water partition coefficient (Wildman–Crippen LogP) is 2.29. The molecule has 1 saturated heterocycles. The van der Waals surface area contributed by atoms with E-state index in [1.54, 1.807) is 0 Å². The van der Waals surface area contributed by atoms with Crippen LogP contribution in [0, 0.1) is 0 Å². The third kappa shape index (κ3) is 6.35. The Morgan fingerprint density at radius 1 is 1.00 bits per heavy atom. The van der Waals surface area contributed by atoms with E-state index in [-0.39, 0.29) is 5.91 Å². The number of carbonyl (C=O) groups excluding carboxylic acids is 1. The molecule has 0 spiro atoms. The van der Waals surface area contributed by atoms with Crippen molar-refractivity contribution in [3.8, 4) is 0 Å². The lowest BCUT2D eigenvalue weighted by molar-refractivity contribution is -0.123. The molecule has 0 bridgehead atoms. The molecule has 0 unspecified atom stereocenters. The molecule has 4 heteroatoms. The van der Waals surface area contributed by atoms with Crippen LogP contribution in [0.2, 0.25) is 0 Å². The third-order valence-electron chi connectivity index (χ3n) is 4.86. The Morgan fingerprint density at radius 3 is 2.29 bits per heavy atom. The summed E-state index contributed by atoms with van der Waals surface area (Å²) in [6.45, 7) is 6.03. The molecule has 2 N–H and O–H groups in total. The van der Waals surface area contributed by atoms with Gasteiger partial charge in [0.25, 0.3) is 0 Å². The van der Waals surface area contributed by atoms with Crippen LogP contribution in [0.5, 0.6) is 0 Å². The Balaban J connectivity index is 1.62. The highest BCUT2D eigenvalue weighted by Gasteiger charge is 2.21. The fraction of sp³-hybridized carbons (Fsp3) is 0.941. The summed E-state index contributed by atoms with van der Waals surface area (Å²) >= 11 is 0. The second kappa shape index (κ2) is 9.42. The second-order valence-corrected chi connectivity index (χ2v) is 6.76. The number of piperidine rings is 1. The summed E-state index contributed by atoms with van der Waals surface area (Å²) in [6, 6.07) is 1.09. The largest absolute Gasteiger partial charge is 0.352 e. The molecule has 1 heterocycles. The minimum Gasteiger partial charge on any atom is -0.352 e. The normalized spacial score (nSPS) is 22.9. The van der Waals surface area contributed by atoms with Crippen LogP contribution in [0.3, 0.4) is 0 Å². The van der Waals surface area contributed by atoms with Crippen molar-refractivity contribution in [3.05, 3.63) is 0 Å². The van der Waals surface area contributed by atoms with Crippen molar-refractivity contribution in [2.75, 3.05) is 26.2 Å². The molecule has 4 nitrogen and oxygen atoms in total. The summed E-state index contributed by atoms with van der Waals surface area (Å²) in [5, 5.41) is 6.85. The van der Waals surface area contributed by atoms with Gasteiger partial charge in [-0.1, -0.05) is 32.6 Å². The molecule has 1 aliphatic carbocycles. The summed E-state index contributed by atoms with van der Waals surface area (Å²) in [6.07, 6.45) is 11.1. The van der Waals surface area contributed by atoms with Crippen LogP contribution in [0.1, 0.15) is 64.7 Å². The molecule has 0 aromatic carbocycles. The first kappa shape index (κ1) is 16.8. The Bertz CT molecular complexity index is 292. The maximum absolute atomic E-state index is 12.2. The first-order valence-corrected chi connectivity index (χ1v) is 9.03. The number of rotatable bonds is 6. The van der Waals surface area contributed by atoms with Gasteiger partial charge in [0, 0.05) is 25.2 Å². The molecular formula is C17H33N3O. The van der Waals surface area contributed by atoms with Gasteiger partial charge in [-0.2, -0.15) is 0 Å². The van der Waals surface area contributed by atoms with Crippen LogP contribution < -0.4 is 10.6 Å². The maximum Gasteiger partial charge on any atom is 0.234 e. The molecule has 21 heavy (non-hydrogen) atoms. The van der Waals surface area contributed by atoms with E-state index in [9.17, 15) is 4.79 Å². The Hall–Kier alpha value is -0.610. The molecule has 2 aliphatic rings. The van der Waals surface area contributed by atoms with Gasteiger partial charge < -0.3 is 10.6 Å².